The first-order chi connectivity index (χ1) is 15.6. The molecule has 0 bridgehead atoms. The maximum atomic E-state index is 13.2. The number of pyridine rings is 1. The number of hydrogen-bond acceptors (Lipinski definition) is 6. The molecule has 2 aromatic carbocycles. The number of ether oxygens (including phenoxy) is 3. The summed E-state index contributed by atoms with van der Waals surface area (Å²) in [5.41, 5.74) is 4.43. The minimum atomic E-state index is -0.0968. The number of rotatable bonds is 5. The van der Waals surface area contributed by atoms with Crippen molar-refractivity contribution in [2.24, 2.45) is 0 Å². The molecule has 32 heavy (non-hydrogen) atoms. The summed E-state index contributed by atoms with van der Waals surface area (Å²) in [4.78, 5) is 19.4. The lowest BCUT2D eigenvalue weighted by molar-refractivity contribution is 0.0872. The Kier molecular flexibility index (Phi) is 5.37. The van der Waals surface area contributed by atoms with Crippen molar-refractivity contribution in [3.05, 3.63) is 88.4 Å². The standard InChI is InChI=1S/C26H24N2O4/c1-3-30-20-6-4-18(5-7-20)13-23-25(29)24-17(2)12-22-21(26(24)32-23)15-28(16-31-22)14-19-8-10-27-11-9-19/h4-13H,3,14-16H2,1-2H3/b23-13-. The van der Waals surface area contributed by atoms with Gasteiger partial charge < -0.3 is 14.2 Å². The number of fused-ring (bicyclic) bond motifs is 3. The van der Waals surface area contributed by atoms with Crippen LogP contribution in [-0.4, -0.2) is 29.0 Å². The number of Topliss-reactive ketones (excluding diaryl/α,β-unsaturated/α-hetero) is 1. The molecule has 1 aromatic heterocycles. The van der Waals surface area contributed by atoms with E-state index >= 15 is 0 Å². The zero-order chi connectivity index (χ0) is 22.1. The number of aryl methyl sites for hydroxylation is 1. The Morgan fingerprint density at radius 2 is 1.94 bits per heavy atom. The molecule has 2 aliphatic heterocycles. The second-order valence-corrected chi connectivity index (χ2v) is 7.93. The smallest absolute Gasteiger partial charge is 0.232 e. The van der Waals surface area contributed by atoms with Gasteiger partial charge in [0.1, 0.15) is 24.0 Å². The molecule has 0 N–H and O–H groups in total. The molecule has 0 spiro atoms. The summed E-state index contributed by atoms with van der Waals surface area (Å²) < 4.78 is 17.7. The molecule has 0 fully saturated rings. The topological polar surface area (TPSA) is 60.9 Å². The van der Waals surface area contributed by atoms with E-state index in [4.69, 9.17) is 14.2 Å². The molecular weight excluding hydrogens is 404 g/mol. The van der Waals surface area contributed by atoms with Crippen LogP contribution in [-0.2, 0) is 13.1 Å². The molecule has 0 radical (unpaired) electrons. The van der Waals surface area contributed by atoms with E-state index in [9.17, 15) is 4.79 Å². The molecule has 162 valence electrons. The van der Waals surface area contributed by atoms with Crippen LogP contribution in [0.3, 0.4) is 0 Å². The monoisotopic (exact) mass is 428 g/mol. The van der Waals surface area contributed by atoms with Crippen LogP contribution in [0.2, 0.25) is 0 Å². The van der Waals surface area contributed by atoms with Gasteiger partial charge in [-0.25, -0.2) is 0 Å². The highest BCUT2D eigenvalue weighted by atomic mass is 16.5. The van der Waals surface area contributed by atoms with E-state index in [0.717, 1.165) is 40.3 Å². The summed E-state index contributed by atoms with van der Waals surface area (Å²) in [7, 11) is 0. The largest absolute Gasteiger partial charge is 0.494 e. The van der Waals surface area contributed by atoms with Gasteiger partial charge in [-0.05, 0) is 66.9 Å². The normalized spacial score (nSPS) is 16.3. The lowest BCUT2D eigenvalue weighted by Gasteiger charge is -2.30. The Bertz CT molecular complexity index is 1190. The summed E-state index contributed by atoms with van der Waals surface area (Å²) in [6.07, 6.45) is 5.35. The van der Waals surface area contributed by atoms with Crippen LogP contribution in [0.25, 0.3) is 6.08 Å². The third-order valence-electron chi connectivity index (χ3n) is 5.63. The van der Waals surface area contributed by atoms with E-state index in [1.807, 2.05) is 56.3 Å². The second-order valence-electron chi connectivity index (χ2n) is 7.93. The average Bonchev–Trinajstić information content (AvgIpc) is 3.13. The van der Waals surface area contributed by atoms with Gasteiger partial charge in [-0.15, -0.1) is 0 Å². The fraction of sp³-hybridized carbons (Fsp3) is 0.231. The molecule has 5 rings (SSSR count). The van der Waals surface area contributed by atoms with Crippen LogP contribution in [0.5, 0.6) is 17.2 Å². The molecule has 0 saturated heterocycles. The maximum absolute atomic E-state index is 13.2. The lowest BCUT2D eigenvalue weighted by Crippen LogP contribution is -2.31. The van der Waals surface area contributed by atoms with Gasteiger partial charge in [-0.3, -0.25) is 14.7 Å². The van der Waals surface area contributed by atoms with Gasteiger partial charge in [0.15, 0.2) is 5.76 Å². The van der Waals surface area contributed by atoms with Crippen molar-refractivity contribution in [2.45, 2.75) is 26.9 Å². The highest BCUT2D eigenvalue weighted by molar-refractivity contribution is 6.15. The third-order valence-corrected chi connectivity index (χ3v) is 5.63. The van der Waals surface area contributed by atoms with Crippen LogP contribution in [0.1, 0.15) is 39.5 Å². The molecule has 0 saturated carbocycles. The molecular formula is C26H24N2O4. The highest BCUT2D eigenvalue weighted by Gasteiger charge is 2.35. The molecule has 2 aliphatic rings. The first-order valence-corrected chi connectivity index (χ1v) is 10.7. The molecule has 6 nitrogen and oxygen atoms in total. The molecule has 0 atom stereocenters. The van der Waals surface area contributed by atoms with Crippen molar-refractivity contribution in [1.82, 2.24) is 9.88 Å². The van der Waals surface area contributed by atoms with Crippen LogP contribution in [0.4, 0.5) is 0 Å². The van der Waals surface area contributed by atoms with E-state index in [1.165, 1.54) is 0 Å². The summed E-state index contributed by atoms with van der Waals surface area (Å²) in [6, 6.07) is 13.5. The van der Waals surface area contributed by atoms with Gasteiger partial charge >= 0.3 is 0 Å². The second kappa shape index (κ2) is 8.48. The number of hydrogen-bond donors (Lipinski definition) is 0. The summed E-state index contributed by atoms with van der Waals surface area (Å²) in [5.74, 6) is 2.42. The minimum absolute atomic E-state index is 0.0968. The molecule has 3 aromatic rings. The Labute approximate surface area is 187 Å². The summed E-state index contributed by atoms with van der Waals surface area (Å²) in [6.45, 7) is 6.34. The Balaban J connectivity index is 1.43. The van der Waals surface area contributed by atoms with Gasteiger partial charge in [-0.1, -0.05) is 12.1 Å². The number of ketones is 1. The van der Waals surface area contributed by atoms with Crippen molar-refractivity contribution in [3.63, 3.8) is 0 Å². The number of aromatic nitrogens is 1. The fourth-order valence-electron chi connectivity index (χ4n) is 4.10. The molecule has 0 aliphatic carbocycles. The average molecular weight is 428 g/mol. The number of carbonyl (C=O) groups excluding carboxylic acids is 1. The van der Waals surface area contributed by atoms with Crippen molar-refractivity contribution >= 4 is 11.9 Å². The highest BCUT2D eigenvalue weighted by Crippen LogP contribution is 2.44. The number of allylic oxidation sites excluding steroid dienone is 1. The van der Waals surface area contributed by atoms with Gasteiger partial charge in [0.2, 0.25) is 5.78 Å². The quantitative estimate of drug-likeness (QED) is 0.546. The van der Waals surface area contributed by atoms with Gasteiger partial charge in [0, 0.05) is 25.5 Å². The Hall–Kier alpha value is -3.64. The fourth-order valence-corrected chi connectivity index (χ4v) is 4.10. The first-order valence-electron chi connectivity index (χ1n) is 10.7. The minimum Gasteiger partial charge on any atom is -0.494 e. The van der Waals surface area contributed by atoms with Gasteiger partial charge in [0.25, 0.3) is 0 Å². The van der Waals surface area contributed by atoms with Crippen molar-refractivity contribution in [3.8, 4) is 17.2 Å². The van der Waals surface area contributed by atoms with Crippen LogP contribution >= 0.6 is 0 Å². The number of benzene rings is 2. The molecule has 0 unspecified atom stereocenters. The van der Waals surface area contributed by atoms with Crippen molar-refractivity contribution < 1.29 is 19.0 Å². The van der Waals surface area contributed by atoms with E-state index < -0.39 is 0 Å². The van der Waals surface area contributed by atoms with Crippen molar-refractivity contribution in [2.75, 3.05) is 13.3 Å². The van der Waals surface area contributed by atoms with Crippen LogP contribution in [0, 0.1) is 6.92 Å². The summed E-state index contributed by atoms with van der Waals surface area (Å²) >= 11 is 0. The summed E-state index contributed by atoms with van der Waals surface area (Å²) in [5, 5.41) is 0. The maximum Gasteiger partial charge on any atom is 0.232 e. The predicted octanol–water partition coefficient (Wildman–Crippen LogP) is 4.76. The predicted molar refractivity (Wildman–Crippen MR) is 121 cm³/mol. The number of carbonyl (C=O) groups is 1. The zero-order valence-electron chi connectivity index (χ0n) is 18.1. The SMILES string of the molecule is CCOc1ccc(/C=C2\Oc3c4c(cc(C)c3C2=O)OCN(Cc2ccncc2)C4)cc1. The van der Waals surface area contributed by atoms with E-state index in [2.05, 4.69) is 9.88 Å². The third kappa shape index (κ3) is 3.85. The Morgan fingerprint density at radius 1 is 1.16 bits per heavy atom. The van der Waals surface area contributed by atoms with Gasteiger partial charge in [-0.2, -0.15) is 0 Å². The molecule has 0 amide bonds. The van der Waals surface area contributed by atoms with E-state index in [0.29, 0.717) is 37.0 Å². The van der Waals surface area contributed by atoms with E-state index in [1.54, 1.807) is 18.5 Å². The number of nitrogens with zero attached hydrogens (tertiary/aromatic N) is 2. The molecule has 3 heterocycles. The Morgan fingerprint density at radius 3 is 2.69 bits per heavy atom. The van der Waals surface area contributed by atoms with Gasteiger partial charge in [0.05, 0.1) is 17.7 Å². The van der Waals surface area contributed by atoms with Crippen molar-refractivity contribution in [1.29, 1.82) is 0 Å². The zero-order valence-corrected chi connectivity index (χ0v) is 18.1. The van der Waals surface area contributed by atoms with Crippen LogP contribution < -0.4 is 14.2 Å². The first kappa shape index (κ1) is 20.3. The molecule has 6 heteroatoms. The lowest BCUT2D eigenvalue weighted by atomic mass is 9.98. The van der Waals surface area contributed by atoms with E-state index in [-0.39, 0.29) is 5.78 Å². The van der Waals surface area contributed by atoms with Crippen LogP contribution in [0.15, 0.2) is 60.6 Å².